The molecule has 5 nitrogen and oxygen atoms in total. The molecule has 1 saturated carbocycles. The van der Waals surface area contributed by atoms with Crippen molar-refractivity contribution in [3.8, 4) is 0 Å². The van der Waals surface area contributed by atoms with E-state index in [-0.39, 0.29) is 17.5 Å². The first kappa shape index (κ1) is 21.0. The molecule has 1 atom stereocenters. The van der Waals surface area contributed by atoms with Crippen LogP contribution in [0, 0.1) is 6.92 Å². The van der Waals surface area contributed by atoms with E-state index in [2.05, 4.69) is 5.32 Å². The van der Waals surface area contributed by atoms with Crippen LogP contribution in [0.3, 0.4) is 0 Å². The van der Waals surface area contributed by atoms with Crippen molar-refractivity contribution in [1.82, 2.24) is 5.32 Å². The van der Waals surface area contributed by atoms with Crippen LogP contribution < -0.4 is 10.2 Å². The van der Waals surface area contributed by atoms with E-state index in [0.717, 1.165) is 32.1 Å². The van der Waals surface area contributed by atoms with E-state index >= 15 is 0 Å². The first-order valence-corrected chi connectivity index (χ1v) is 9.58. The topological polar surface area (TPSA) is 62.6 Å². The van der Waals surface area contributed by atoms with Gasteiger partial charge >= 0.3 is 12.1 Å². The van der Waals surface area contributed by atoms with Crippen molar-refractivity contribution in [3.05, 3.63) is 54.0 Å². The first-order valence-electron chi connectivity index (χ1n) is 9.58. The van der Waals surface area contributed by atoms with E-state index in [9.17, 15) is 22.8 Å². The Labute approximate surface area is 166 Å². The summed E-state index contributed by atoms with van der Waals surface area (Å²) in [5, 5.41) is 2.82. The molecule has 0 spiro atoms. The number of furan rings is 1. The molecule has 1 aliphatic rings. The molecule has 0 unspecified atom stereocenters. The summed E-state index contributed by atoms with van der Waals surface area (Å²) in [5.41, 5.74) is 0.640. The number of benzene rings is 1. The van der Waals surface area contributed by atoms with Crippen LogP contribution in [0.1, 0.15) is 49.5 Å². The summed E-state index contributed by atoms with van der Waals surface area (Å²) in [4.78, 5) is 26.0. The molecular formula is C21H23F3N2O3. The fraction of sp³-hybridized carbons (Fsp3) is 0.429. The minimum atomic E-state index is -5.15. The lowest BCUT2D eigenvalue weighted by atomic mass is 9.95. The Hall–Kier alpha value is -2.77. The third kappa shape index (κ3) is 4.99. The molecule has 8 heteroatoms. The quantitative estimate of drug-likeness (QED) is 0.782. The number of alkyl halides is 3. The molecule has 29 heavy (non-hydrogen) atoms. The highest BCUT2D eigenvalue weighted by Crippen LogP contribution is 2.33. The fourth-order valence-corrected chi connectivity index (χ4v) is 3.65. The van der Waals surface area contributed by atoms with Crippen LogP contribution in [0.2, 0.25) is 0 Å². The molecule has 0 aliphatic heterocycles. The van der Waals surface area contributed by atoms with Crippen molar-refractivity contribution in [1.29, 1.82) is 0 Å². The second-order valence-corrected chi connectivity index (χ2v) is 7.27. The molecule has 0 radical (unpaired) electrons. The van der Waals surface area contributed by atoms with Crippen molar-refractivity contribution in [3.63, 3.8) is 0 Å². The number of rotatable bonds is 5. The number of carbonyl (C=O) groups is 2. The summed E-state index contributed by atoms with van der Waals surface area (Å²) >= 11 is 0. The zero-order valence-electron chi connectivity index (χ0n) is 16.0. The van der Waals surface area contributed by atoms with Gasteiger partial charge in [-0.3, -0.25) is 14.5 Å². The molecule has 1 heterocycles. The standard InChI is InChI=1S/C21H23F3N2O3/c1-14-7-5-10-16(13-14)26(20(28)21(22,23)24)18(17-11-6-12-29-17)19(27)25-15-8-3-2-4-9-15/h5-7,10-13,15,18H,2-4,8-9H2,1H3,(H,25,27)/t18-/m1/s1. The van der Waals surface area contributed by atoms with Gasteiger partial charge in [0.25, 0.3) is 5.91 Å². The van der Waals surface area contributed by atoms with Gasteiger partial charge in [0.05, 0.1) is 6.26 Å². The molecule has 0 saturated heterocycles. The largest absolute Gasteiger partial charge is 0.471 e. The maximum absolute atomic E-state index is 13.5. The summed E-state index contributed by atoms with van der Waals surface area (Å²) in [7, 11) is 0. The minimum Gasteiger partial charge on any atom is -0.467 e. The van der Waals surface area contributed by atoms with Gasteiger partial charge in [-0.2, -0.15) is 13.2 Å². The van der Waals surface area contributed by atoms with Gasteiger partial charge in [0.2, 0.25) is 0 Å². The minimum absolute atomic E-state index is 0.0208. The highest BCUT2D eigenvalue weighted by atomic mass is 19.4. The van der Waals surface area contributed by atoms with Crippen LogP contribution >= 0.6 is 0 Å². The highest BCUT2D eigenvalue weighted by molar-refractivity contribution is 6.03. The Balaban J connectivity index is 2.02. The van der Waals surface area contributed by atoms with Crippen LogP contribution in [0.25, 0.3) is 0 Å². The fourth-order valence-electron chi connectivity index (χ4n) is 3.65. The lowest BCUT2D eigenvalue weighted by molar-refractivity contribution is -0.171. The second kappa shape index (κ2) is 8.71. The Morgan fingerprint density at radius 2 is 1.86 bits per heavy atom. The van der Waals surface area contributed by atoms with E-state index in [1.165, 1.54) is 30.5 Å². The van der Waals surface area contributed by atoms with Crippen molar-refractivity contribution in [2.45, 2.75) is 57.3 Å². The molecule has 3 rings (SSSR count). The Kier molecular flexibility index (Phi) is 6.30. The SMILES string of the molecule is Cc1cccc(N(C(=O)C(F)(F)F)[C@@H](C(=O)NC2CCCCC2)c2ccco2)c1. The number of halogens is 3. The average molecular weight is 408 g/mol. The zero-order valence-corrected chi connectivity index (χ0v) is 16.0. The maximum atomic E-state index is 13.5. The van der Waals surface area contributed by atoms with Gasteiger partial charge < -0.3 is 9.73 Å². The van der Waals surface area contributed by atoms with Crippen LogP contribution in [-0.4, -0.2) is 24.0 Å². The molecule has 0 bridgehead atoms. The number of anilines is 1. The second-order valence-electron chi connectivity index (χ2n) is 7.27. The predicted molar refractivity (Wildman–Crippen MR) is 101 cm³/mol. The molecule has 2 aromatic rings. The average Bonchev–Trinajstić information content (AvgIpc) is 3.19. The molecule has 1 N–H and O–H groups in total. The van der Waals surface area contributed by atoms with Crippen molar-refractivity contribution in [2.24, 2.45) is 0 Å². The monoisotopic (exact) mass is 408 g/mol. The molecule has 1 aromatic carbocycles. The van der Waals surface area contributed by atoms with Gasteiger partial charge in [-0.1, -0.05) is 31.4 Å². The number of hydrogen-bond donors (Lipinski definition) is 1. The van der Waals surface area contributed by atoms with Gasteiger partial charge in [0, 0.05) is 11.7 Å². The number of carbonyl (C=O) groups excluding carboxylic acids is 2. The van der Waals surface area contributed by atoms with Crippen molar-refractivity contribution < 1.29 is 27.2 Å². The summed E-state index contributed by atoms with van der Waals surface area (Å²) in [6, 6.07) is 7.23. The van der Waals surface area contributed by atoms with Gasteiger partial charge in [-0.25, -0.2) is 0 Å². The van der Waals surface area contributed by atoms with Crippen LogP contribution in [-0.2, 0) is 9.59 Å². The van der Waals surface area contributed by atoms with Crippen LogP contribution in [0.5, 0.6) is 0 Å². The lowest BCUT2D eigenvalue weighted by Crippen LogP contribution is -2.50. The number of nitrogens with one attached hydrogen (secondary N) is 1. The molecule has 1 aromatic heterocycles. The molecule has 2 amide bonds. The zero-order chi connectivity index (χ0) is 21.0. The number of nitrogens with zero attached hydrogens (tertiary/aromatic N) is 1. The van der Waals surface area contributed by atoms with Gasteiger partial charge in [0.15, 0.2) is 6.04 Å². The maximum Gasteiger partial charge on any atom is 0.471 e. The van der Waals surface area contributed by atoms with E-state index in [1.807, 2.05) is 0 Å². The predicted octanol–water partition coefficient (Wildman–Crippen LogP) is 4.67. The highest BCUT2D eigenvalue weighted by Gasteiger charge is 2.48. The molecule has 1 aliphatic carbocycles. The summed E-state index contributed by atoms with van der Waals surface area (Å²) in [6.45, 7) is 1.70. The smallest absolute Gasteiger partial charge is 0.467 e. The Bertz CT molecular complexity index is 843. The molecule has 156 valence electrons. The third-order valence-electron chi connectivity index (χ3n) is 5.01. The Morgan fingerprint density at radius 3 is 2.45 bits per heavy atom. The van der Waals surface area contributed by atoms with Crippen molar-refractivity contribution in [2.75, 3.05) is 4.90 Å². The van der Waals surface area contributed by atoms with Gasteiger partial charge in [-0.05, 0) is 49.6 Å². The molecule has 1 fully saturated rings. The van der Waals surface area contributed by atoms with E-state index in [0.29, 0.717) is 10.5 Å². The number of aryl methyl sites for hydroxylation is 1. The summed E-state index contributed by atoms with van der Waals surface area (Å²) in [6.07, 6.45) is 0.583. The van der Waals surface area contributed by atoms with E-state index in [1.54, 1.807) is 19.1 Å². The first-order chi connectivity index (χ1) is 13.8. The van der Waals surface area contributed by atoms with E-state index < -0.39 is 24.0 Å². The summed E-state index contributed by atoms with van der Waals surface area (Å²) in [5.74, 6) is -2.84. The summed E-state index contributed by atoms with van der Waals surface area (Å²) < 4.78 is 45.6. The lowest BCUT2D eigenvalue weighted by Gasteiger charge is -2.32. The van der Waals surface area contributed by atoms with Crippen molar-refractivity contribution >= 4 is 17.5 Å². The van der Waals surface area contributed by atoms with Crippen LogP contribution in [0.15, 0.2) is 47.1 Å². The number of hydrogen-bond acceptors (Lipinski definition) is 3. The Morgan fingerprint density at radius 1 is 1.14 bits per heavy atom. The number of amides is 2. The van der Waals surface area contributed by atoms with Crippen LogP contribution in [0.4, 0.5) is 18.9 Å². The van der Waals surface area contributed by atoms with E-state index in [4.69, 9.17) is 4.42 Å². The van der Waals surface area contributed by atoms with Gasteiger partial charge in [0.1, 0.15) is 5.76 Å². The normalized spacial score (nSPS) is 16.3. The van der Waals surface area contributed by atoms with Gasteiger partial charge in [-0.15, -0.1) is 0 Å². The third-order valence-corrected chi connectivity index (χ3v) is 5.01. The molecular weight excluding hydrogens is 385 g/mol.